The van der Waals surface area contributed by atoms with Gasteiger partial charge in [0, 0.05) is 5.69 Å². The molecule has 0 heterocycles. The van der Waals surface area contributed by atoms with Crippen LogP contribution in [-0.4, -0.2) is 13.2 Å². The Bertz CT molecular complexity index is 327. The van der Waals surface area contributed by atoms with Crippen molar-refractivity contribution in [1.29, 1.82) is 0 Å². The number of hydrogen-bond acceptors (Lipinski definition) is 2. The number of rotatable bonds is 5. The number of allylic oxidation sites excluding steroid dienone is 1. The first kappa shape index (κ1) is 11.8. The van der Waals surface area contributed by atoms with E-state index in [2.05, 4.69) is 19.9 Å². The summed E-state index contributed by atoms with van der Waals surface area (Å²) in [5.41, 5.74) is 9.11. The summed E-state index contributed by atoms with van der Waals surface area (Å²) in [6.07, 6.45) is 2.96. The van der Waals surface area contributed by atoms with Gasteiger partial charge in [-0.15, -0.1) is 0 Å². The molecule has 0 radical (unpaired) electrons. The first-order valence-corrected chi connectivity index (χ1v) is 5.24. The van der Waals surface area contributed by atoms with Gasteiger partial charge in [-0.2, -0.15) is 0 Å². The Morgan fingerprint density at radius 1 is 1.33 bits per heavy atom. The van der Waals surface area contributed by atoms with Crippen LogP contribution in [0.25, 0.3) is 0 Å². The normalized spacial score (nSPS) is 10.0. The van der Waals surface area contributed by atoms with Gasteiger partial charge < -0.3 is 10.5 Å². The van der Waals surface area contributed by atoms with Gasteiger partial charge in [-0.1, -0.05) is 29.8 Å². The van der Waals surface area contributed by atoms with Crippen molar-refractivity contribution in [1.82, 2.24) is 0 Å². The van der Waals surface area contributed by atoms with E-state index in [1.807, 2.05) is 24.3 Å². The van der Waals surface area contributed by atoms with E-state index in [0.717, 1.165) is 24.3 Å². The van der Waals surface area contributed by atoms with Crippen LogP contribution in [-0.2, 0) is 11.2 Å². The maximum Gasteiger partial charge on any atom is 0.0650 e. The lowest BCUT2D eigenvalue weighted by Crippen LogP contribution is -2.01. The van der Waals surface area contributed by atoms with Crippen molar-refractivity contribution in [2.24, 2.45) is 0 Å². The van der Waals surface area contributed by atoms with E-state index in [0.29, 0.717) is 6.61 Å². The maximum atomic E-state index is 5.82. The number of anilines is 1. The Labute approximate surface area is 91.7 Å². The Morgan fingerprint density at radius 2 is 2.07 bits per heavy atom. The molecule has 82 valence electrons. The third-order valence-corrected chi connectivity index (χ3v) is 2.18. The molecule has 0 spiro atoms. The average Bonchev–Trinajstić information content (AvgIpc) is 2.20. The summed E-state index contributed by atoms with van der Waals surface area (Å²) in [4.78, 5) is 0. The summed E-state index contributed by atoms with van der Waals surface area (Å²) < 4.78 is 5.47. The molecule has 0 unspecified atom stereocenters. The Morgan fingerprint density at radius 3 is 2.73 bits per heavy atom. The third kappa shape index (κ3) is 4.66. The van der Waals surface area contributed by atoms with Gasteiger partial charge >= 0.3 is 0 Å². The van der Waals surface area contributed by atoms with Crippen LogP contribution in [0.3, 0.4) is 0 Å². The molecule has 0 bridgehead atoms. The SMILES string of the molecule is CC(C)=CCOCCc1ccccc1N. The molecule has 0 saturated carbocycles. The van der Waals surface area contributed by atoms with Crippen molar-refractivity contribution in [3.05, 3.63) is 41.5 Å². The number of para-hydroxylation sites is 1. The quantitative estimate of drug-likeness (QED) is 0.456. The molecule has 0 saturated heterocycles. The van der Waals surface area contributed by atoms with Crippen LogP contribution in [0.4, 0.5) is 5.69 Å². The van der Waals surface area contributed by atoms with Crippen LogP contribution in [0, 0.1) is 0 Å². The average molecular weight is 205 g/mol. The molecule has 2 heteroatoms. The molecule has 0 aliphatic carbocycles. The highest BCUT2D eigenvalue weighted by Gasteiger charge is 1.96. The summed E-state index contributed by atoms with van der Waals surface area (Å²) in [7, 11) is 0. The predicted molar refractivity (Wildman–Crippen MR) is 64.8 cm³/mol. The maximum absolute atomic E-state index is 5.82. The first-order valence-electron chi connectivity index (χ1n) is 5.24. The molecule has 1 rings (SSSR count). The van der Waals surface area contributed by atoms with E-state index < -0.39 is 0 Å². The van der Waals surface area contributed by atoms with Crippen molar-refractivity contribution in [2.45, 2.75) is 20.3 Å². The molecule has 1 aromatic rings. The van der Waals surface area contributed by atoms with E-state index in [1.54, 1.807) is 0 Å². The molecule has 2 N–H and O–H groups in total. The minimum Gasteiger partial charge on any atom is -0.399 e. The first-order chi connectivity index (χ1) is 7.20. The number of nitrogens with two attached hydrogens (primary N) is 1. The van der Waals surface area contributed by atoms with Gasteiger partial charge in [-0.25, -0.2) is 0 Å². The molecular weight excluding hydrogens is 186 g/mol. The topological polar surface area (TPSA) is 35.2 Å². The van der Waals surface area contributed by atoms with E-state index in [9.17, 15) is 0 Å². The minimum atomic E-state index is 0.690. The van der Waals surface area contributed by atoms with Crippen LogP contribution in [0.1, 0.15) is 19.4 Å². The number of hydrogen-bond donors (Lipinski definition) is 1. The minimum absolute atomic E-state index is 0.690. The van der Waals surface area contributed by atoms with Crippen molar-refractivity contribution >= 4 is 5.69 Å². The second-order valence-electron chi connectivity index (χ2n) is 3.81. The lowest BCUT2D eigenvalue weighted by molar-refractivity contribution is 0.165. The van der Waals surface area contributed by atoms with Crippen LogP contribution in [0.15, 0.2) is 35.9 Å². The fourth-order valence-electron chi connectivity index (χ4n) is 1.25. The molecule has 0 aliphatic rings. The highest BCUT2D eigenvalue weighted by molar-refractivity contribution is 5.46. The van der Waals surface area contributed by atoms with Crippen molar-refractivity contribution in [2.75, 3.05) is 18.9 Å². The van der Waals surface area contributed by atoms with Crippen molar-refractivity contribution < 1.29 is 4.74 Å². The summed E-state index contributed by atoms with van der Waals surface area (Å²) in [6.45, 7) is 5.55. The molecule has 1 aromatic carbocycles. The van der Waals surface area contributed by atoms with E-state index >= 15 is 0 Å². The van der Waals surface area contributed by atoms with Gasteiger partial charge in [0.2, 0.25) is 0 Å². The monoisotopic (exact) mass is 205 g/mol. The molecule has 0 aromatic heterocycles. The third-order valence-electron chi connectivity index (χ3n) is 2.18. The Balaban J connectivity index is 2.26. The highest BCUT2D eigenvalue weighted by atomic mass is 16.5. The number of nitrogen functional groups attached to an aromatic ring is 1. The van der Waals surface area contributed by atoms with Gasteiger partial charge in [0.15, 0.2) is 0 Å². The van der Waals surface area contributed by atoms with Crippen LogP contribution in [0.2, 0.25) is 0 Å². The summed E-state index contributed by atoms with van der Waals surface area (Å²) in [5.74, 6) is 0. The summed E-state index contributed by atoms with van der Waals surface area (Å²) >= 11 is 0. The van der Waals surface area contributed by atoms with Gasteiger partial charge in [0.05, 0.1) is 13.2 Å². The largest absolute Gasteiger partial charge is 0.399 e. The van der Waals surface area contributed by atoms with Crippen molar-refractivity contribution in [3.8, 4) is 0 Å². The van der Waals surface area contributed by atoms with Gasteiger partial charge in [-0.3, -0.25) is 0 Å². The van der Waals surface area contributed by atoms with Gasteiger partial charge in [0.25, 0.3) is 0 Å². The van der Waals surface area contributed by atoms with Crippen molar-refractivity contribution in [3.63, 3.8) is 0 Å². The molecule has 0 atom stereocenters. The lowest BCUT2D eigenvalue weighted by atomic mass is 10.1. The lowest BCUT2D eigenvalue weighted by Gasteiger charge is -2.05. The van der Waals surface area contributed by atoms with E-state index in [4.69, 9.17) is 10.5 Å². The Hall–Kier alpha value is -1.28. The fourth-order valence-corrected chi connectivity index (χ4v) is 1.25. The molecule has 0 amide bonds. The number of ether oxygens (including phenoxy) is 1. The van der Waals surface area contributed by atoms with Gasteiger partial charge in [0.1, 0.15) is 0 Å². The van der Waals surface area contributed by atoms with Crippen LogP contribution >= 0.6 is 0 Å². The molecule has 0 fully saturated rings. The zero-order chi connectivity index (χ0) is 11.1. The summed E-state index contributed by atoms with van der Waals surface area (Å²) in [5, 5.41) is 0. The zero-order valence-electron chi connectivity index (χ0n) is 9.49. The standard InChI is InChI=1S/C13H19NO/c1-11(2)7-9-15-10-8-12-5-3-4-6-13(12)14/h3-7H,8-10,14H2,1-2H3. The van der Waals surface area contributed by atoms with E-state index in [-0.39, 0.29) is 0 Å². The predicted octanol–water partition coefficient (Wildman–Crippen LogP) is 2.79. The summed E-state index contributed by atoms with van der Waals surface area (Å²) in [6, 6.07) is 7.91. The highest BCUT2D eigenvalue weighted by Crippen LogP contribution is 2.10. The zero-order valence-corrected chi connectivity index (χ0v) is 9.49. The fraction of sp³-hybridized carbons (Fsp3) is 0.385. The van der Waals surface area contributed by atoms with Gasteiger partial charge in [-0.05, 0) is 31.9 Å². The van der Waals surface area contributed by atoms with Crippen LogP contribution in [0.5, 0.6) is 0 Å². The molecular formula is C13H19NO. The second kappa shape index (κ2) is 6.25. The second-order valence-corrected chi connectivity index (χ2v) is 3.81. The van der Waals surface area contributed by atoms with E-state index in [1.165, 1.54) is 5.57 Å². The molecule has 0 aliphatic heterocycles. The molecule has 2 nitrogen and oxygen atoms in total. The smallest absolute Gasteiger partial charge is 0.0650 e. The molecule has 15 heavy (non-hydrogen) atoms. The number of benzene rings is 1. The Kier molecular flexibility index (Phi) is 4.91. The van der Waals surface area contributed by atoms with Crippen LogP contribution < -0.4 is 5.73 Å².